The Kier molecular flexibility index (Phi) is 5.32. The maximum atomic E-state index is 5.80. The minimum Gasteiger partial charge on any atom is -0.399 e. The van der Waals surface area contributed by atoms with Gasteiger partial charge in [-0.25, -0.2) is 15.0 Å². The zero-order valence-electron chi connectivity index (χ0n) is 17.3. The molecular weight excluding hydrogens is 372 g/mol. The van der Waals surface area contributed by atoms with Crippen molar-refractivity contribution in [2.24, 2.45) is 0 Å². The average Bonchev–Trinajstić information content (AvgIpc) is 2.80. The average molecular weight is 401 g/mol. The van der Waals surface area contributed by atoms with Crippen molar-refractivity contribution in [2.45, 2.75) is 38.8 Å². The number of rotatable bonds is 4. The van der Waals surface area contributed by atoms with E-state index in [1.807, 2.05) is 36.7 Å². The Hall–Kier alpha value is -2.99. The fourth-order valence-electron chi connectivity index (χ4n) is 4.47. The van der Waals surface area contributed by atoms with Crippen molar-refractivity contribution in [2.75, 3.05) is 30.3 Å². The van der Waals surface area contributed by atoms with E-state index in [-0.39, 0.29) is 0 Å². The summed E-state index contributed by atoms with van der Waals surface area (Å²) in [4.78, 5) is 19.1. The van der Waals surface area contributed by atoms with E-state index in [1.165, 1.54) is 30.4 Å². The van der Waals surface area contributed by atoms with Crippen LogP contribution in [0.1, 0.15) is 36.1 Å². The lowest BCUT2D eigenvalue weighted by Crippen LogP contribution is -2.34. The van der Waals surface area contributed by atoms with Gasteiger partial charge in [0.2, 0.25) is 0 Å². The predicted octanol–water partition coefficient (Wildman–Crippen LogP) is 3.67. The molecule has 5 rings (SSSR count). The van der Waals surface area contributed by atoms with E-state index < -0.39 is 0 Å². The zero-order valence-corrected chi connectivity index (χ0v) is 17.3. The molecule has 2 aromatic heterocycles. The number of nitrogens with two attached hydrogens (primary N) is 1. The Labute approximate surface area is 177 Å². The van der Waals surface area contributed by atoms with Gasteiger partial charge in [-0.2, -0.15) is 0 Å². The van der Waals surface area contributed by atoms with Crippen LogP contribution < -0.4 is 10.6 Å². The third kappa shape index (κ3) is 4.00. The van der Waals surface area contributed by atoms with Gasteiger partial charge in [-0.15, -0.1) is 0 Å². The molecule has 0 spiro atoms. The molecule has 0 unspecified atom stereocenters. The van der Waals surface area contributed by atoms with Crippen LogP contribution in [0.5, 0.6) is 0 Å². The summed E-state index contributed by atoms with van der Waals surface area (Å²) in [7, 11) is 0. The number of hydrogen-bond acceptors (Lipinski definition) is 6. The lowest BCUT2D eigenvalue weighted by molar-refractivity contribution is 0.243. The van der Waals surface area contributed by atoms with Crippen LogP contribution in [0.2, 0.25) is 0 Å². The first-order valence-electron chi connectivity index (χ1n) is 10.9. The van der Waals surface area contributed by atoms with Gasteiger partial charge in [0.05, 0.1) is 5.69 Å². The van der Waals surface area contributed by atoms with E-state index >= 15 is 0 Å². The first-order chi connectivity index (χ1) is 14.8. The number of benzene rings is 1. The summed E-state index contributed by atoms with van der Waals surface area (Å²) in [5.74, 6) is 1.94. The summed E-state index contributed by atoms with van der Waals surface area (Å²) in [5.41, 5.74) is 11.3. The lowest BCUT2D eigenvalue weighted by Gasteiger charge is -2.32. The van der Waals surface area contributed by atoms with Gasteiger partial charge < -0.3 is 10.6 Å². The SMILES string of the molecule is Nc1ccc(-c2ncc3c(n2)CCN(Cc2cccnc2N2CCCCC2)C3)cc1. The third-order valence-corrected chi connectivity index (χ3v) is 6.10. The summed E-state index contributed by atoms with van der Waals surface area (Å²) in [6, 6.07) is 12.0. The smallest absolute Gasteiger partial charge is 0.159 e. The van der Waals surface area contributed by atoms with E-state index in [0.29, 0.717) is 0 Å². The number of hydrogen-bond donors (Lipinski definition) is 1. The second-order valence-corrected chi connectivity index (χ2v) is 8.28. The fraction of sp³-hybridized carbons (Fsp3) is 0.375. The van der Waals surface area contributed by atoms with E-state index in [0.717, 1.165) is 67.7 Å². The van der Waals surface area contributed by atoms with Crippen molar-refractivity contribution in [1.82, 2.24) is 19.9 Å². The minimum absolute atomic E-state index is 0.756. The van der Waals surface area contributed by atoms with E-state index in [2.05, 4.69) is 26.9 Å². The highest BCUT2D eigenvalue weighted by molar-refractivity contribution is 5.58. The lowest BCUT2D eigenvalue weighted by atomic mass is 10.1. The van der Waals surface area contributed by atoms with Crippen LogP contribution in [-0.4, -0.2) is 39.5 Å². The maximum absolute atomic E-state index is 5.80. The van der Waals surface area contributed by atoms with Crippen LogP contribution in [0.4, 0.5) is 11.5 Å². The summed E-state index contributed by atoms with van der Waals surface area (Å²) >= 11 is 0. The van der Waals surface area contributed by atoms with Crippen molar-refractivity contribution in [3.05, 3.63) is 65.6 Å². The molecule has 2 N–H and O–H groups in total. The van der Waals surface area contributed by atoms with Crippen molar-refractivity contribution in [1.29, 1.82) is 0 Å². The van der Waals surface area contributed by atoms with Crippen LogP contribution in [-0.2, 0) is 19.5 Å². The minimum atomic E-state index is 0.756. The first kappa shape index (κ1) is 19.0. The quantitative estimate of drug-likeness (QED) is 0.674. The van der Waals surface area contributed by atoms with Crippen LogP contribution in [0.25, 0.3) is 11.4 Å². The molecule has 1 saturated heterocycles. The first-order valence-corrected chi connectivity index (χ1v) is 10.9. The summed E-state index contributed by atoms with van der Waals surface area (Å²) in [6.07, 6.45) is 8.72. The van der Waals surface area contributed by atoms with Crippen LogP contribution in [0.15, 0.2) is 48.8 Å². The number of aromatic nitrogens is 3. The molecule has 1 aromatic carbocycles. The zero-order chi connectivity index (χ0) is 20.3. The van der Waals surface area contributed by atoms with Crippen molar-refractivity contribution in [3.8, 4) is 11.4 Å². The van der Waals surface area contributed by atoms with Crippen LogP contribution in [0.3, 0.4) is 0 Å². The topological polar surface area (TPSA) is 71.2 Å². The normalized spacial score (nSPS) is 17.0. The number of fused-ring (bicyclic) bond motifs is 1. The molecule has 1 fully saturated rings. The van der Waals surface area contributed by atoms with Crippen molar-refractivity contribution >= 4 is 11.5 Å². The Morgan fingerprint density at radius 3 is 2.60 bits per heavy atom. The molecule has 0 saturated carbocycles. The molecule has 0 bridgehead atoms. The molecule has 0 aliphatic carbocycles. The van der Waals surface area contributed by atoms with Crippen molar-refractivity contribution in [3.63, 3.8) is 0 Å². The molecule has 0 radical (unpaired) electrons. The Bertz CT molecular complexity index is 1010. The highest BCUT2D eigenvalue weighted by Gasteiger charge is 2.22. The molecule has 154 valence electrons. The van der Waals surface area contributed by atoms with Gasteiger partial charge >= 0.3 is 0 Å². The second-order valence-electron chi connectivity index (χ2n) is 8.28. The number of pyridine rings is 1. The third-order valence-electron chi connectivity index (χ3n) is 6.10. The highest BCUT2D eigenvalue weighted by Crippen LogP contribution is 2.26. The van der Waals surface area contributed by atoms with Gasteiger partial charge in [0.15, 0.2) is 5.82 Å². The molecule has 0 amide bonds. The Morgan fingerprint density at radius 2 is 1.77 bits per heavy atom. The predicted molar refractivity (Wildman–Crippen MR) is 120 cm³/mol. The number of nitrogen functional groups attached to an aromatic ring is 1. The van der Waals surface area contributed by atoms with Crippen LogP contribution >= 0.6 is 0 Å². The molecule has 0 atom stereocenters. The highest BCUT2D eigenvalue weighted by atomic mass is 15.2. The summed E-state index contributed by atoms with van der Waals surface area (Å²) in [5, 5.41) is 0. The van der Waals surface area contributed by atoms with E-state index in [9.17, 15) is 0 Å². The standard InChI is InChI=1S/C24H28N6/c25-21-8-6-18(7-9-21)23-27-15-20-17-29(14-10-22(20)28-23)16-19-5-4-11-26-24(19)30-12-2-1-3-13-30/h4-9,11,15H,1-3,10,12-14,16-17,25H2. The Balaban J connectivity index is 1.31. The Morgan fingerprint density at radius 1 is 0.933 bits per heavy atom. The van der Waals surface area contributed by atoms with Gasteiger partial charge in [0.1, 0.15) is 5.82 Å². The number of piperidine rings is 1. The fourth-order valence-corrected chi connectivity index (χ4v) is 4.47. The summed E-state index contributed by atoms with van der Waals surface area (Å²) in [6.45, 7) is 5.03. The molecule has 6 nitrogen and oxygen atoms in total. The van der Waals surface area contributed by atoms with Crippen molar-refractivity contribution < 1.29 is 0 Å². The monoisotopic (exact) mass is 400 g/mol. The number of nitrogens with zero attached hydrogens (tertiary/aromatic N) is 5. The molecule has 30 heavy (non-hydrogen) atoms. The van der Waals surface area contributed by atoms with Gasteiger partial charge in [-0.05, 0) is 49.6 Å². The van der Waals surface area contributed by atoms with E-state index in [1.54, 1.807) is 0 Å². The second kappa shape index (κ2) is 8.40. The van der Waals surface area contributed by atoms with Gasteiger partial charge in [-0.3, -0.25) is 4.90 Å². The van der Waals surface area contributed by atoms with Gasteiger partial charge in [-0.1, -0.05) is 6.07 Å². The summed E-state index contributed by atoms with van der Waals surface area (Å²) < 4.78 is 0. The molecular formula is C24H28N6. The van der Waals surface area contributed by atoms with E-state index in [4.69, 9.17) is 15.7 Å². The molecule has 4 heterocycles. The molecule has 3 aromatic rings. The molecule has 6 heteroatoms. The van der Waals surface area contributed by atoms with Gasteiger partial charge in [0.25, 0.3) is 0 Å². The van der Waals surface area contributed by atoms with Crippen LogP contribution in [0, 0.1) is 0 Å². The number of anilines is 2. The molecule has 2 aliphatic rings. The maximum Gasteiger partial charge on any atom is 0.159 e. The molecule has 2 aliphatic heterocycles. The van der Waals surface area contributed by atoms with Gasteiger partial charge in [0, 0.05) is 73.9 Å². The largest absolute Gasteiger partial charge is 0.399 e.